The molecule has 21 heavy (non-hydrogen) atoms. The molecule has 2 aliphatic carbocycles. The number of hydrogen-bond donors (Lipinski definition) is 2. The highest BCUT2D eigenvalue weighted by Gasteiger charge is 2.40. The van der Waals surface area contributed by atoms with Gasteiger partial charge in [-0.15, -0.1) is 0 Å². The number of carbonyl (C=O) groups is 1. The lowest BCUT2D eigenvalue weighted by molar-refractivity contribution is -0.129. The zero-order valence-electron chi connectivity index (χ0n) is 13.1. The SMILES string of the molecule is CN1CCOC(CNC(=O)C2CC3CCCC(C2)C3N)C1. The topological polar surface area (TPSA) is 67.6 Å². The first-order valence-corrected chi connectivity index (χ1v) is 8.47. The van der Waals surface area contributed by atoms with Gasteiger partial charge in [-0.2, -0.15) is 0 Å². The van der Waals surface area contributed by atoms with Crippen molar-refractivity contribution in [3.63, 3.8) is 0 Å². The molecule has 0 aromatic heterocycles. The van der Waals surface area contributed by atoms with Crippen LogP contribution in [0.2, 0.25) is 0 Å². The molecule has 3 aliphatic rings. The number of nitrogens with two attached hydrogens (primary N) is 1. The largest absolute Gasteiger partial charge is 0.374 e. The van der Waals surface area contributed by atoms with E-state index in [1.165, 1.54) is 19.3 Å². The van der Waals surface area contributed by atoms with Gasteiger partial charge in [-0.05, 0) is 44.6 Å². The molecule has 1 saturated heterocycles. The van der Waals surface area contributed by atoms with Crippen molar-refractivity contribution in [1.82, 2.24) is 10.2 Å². The Balaban J connectivity index is 1.47. The Labute approximate surface area is 127 Å². The van der Waals surface area contributed by atoms with E-state index in [1.54, 1.807) is 0 Å². The van der Waals surface area contributed by atoms with Gasteiger partial charge in [-0.1, -0.05) is 6.42 Å². The maximum absolute atomic E-state index is 12.4. The zero-order chi connectivity index (χ0) is 14.8. The number of nitrogens with one attached hydrogen (secondary N) is 1. The van der Waals surface area contributed by atoms with Crippen LogP contribution in [-0.4, -0.2) is 56.2 Å². The van der Waals surface area contributed by atoms with Gasteiger partial charge in [0, 0.05) is 31.6 Å². The molecule has 3 unspecified atom stereocenters. The highest BCUT2D eigenvalue weighted by Crippen LogP contribution is 2.41. The molecule has 3 rings (SSSR count). The first-order valence-electron chi connectivity index (χ1n) is 8.47. The fraction of sp³-hybridized carbons (Fsp3) is 0.938. The van der Waals surface area contributed by atoms with Crippen molar-refractivity contribution in [2.45, 2.75) is 44.2 Å². The second kappa shape index (κ2) is 6.63. The number of ether oxygens (including phenoxy) is 1. The second-order valence-electron chi connectivity index (χ2n) is 7.20. The van der Waals surface area contributed by atoms with Crippen LogP contribution in [0.25, 0.3) is 0 Å². The first kappa shape index (κ1) is 15.3. The molecular formula is C16H29N3O2. The normalized spacial score (nSPS) is 40.8. The number of amides is 1. The molecule has 3 fully saturated rings. The second-order valence-corrected chi connectivity index (χ2v) is 7.20. The van der Waals surface area contributed by atoms with Crippen LogP contribution < -0.4 is 11.1 Å². The first-order chi connectivity index (χ1) is 10.1. The van der Waals surface area contributed by atoms with Gasteiger partial charge in [0.1, 0.15) is 0 Å². The molecule has 3 N–H and O–H groups in total. The van der Waals surface area contributed by atoms with Crippen molar-refractivity contribution >= 4 is 5.91 Å². The summed E-state index contributed by atoms with van der Waals surface area (Å²) in [7, 11) is 2.10. The van der Waals surface area contributed by atoms with Crippen molar-refractivity contribution in [1.29, 1.82) is 0 Å². The Kier molecular flexibility index (Phi) is 4.82. The molecule has 1 aliphatic heterocycles. The van der Waals surface area contributed by atoms with Crippen LogP contribution in [-0.2, 0) is 9.53 Å². The maximum atomic E-state index is 12.4. The lowest BCUT2D eigenvalue weighted by atomic mass is 9.65. The smallest absolute Gasteiger partial charge is 0.223 e. The number of carbonyl (C=O) groups excluding carboxylic acids is 1. The van der Waals surface area contributed by atoms with Crippen molar-refractivity contribution in [3.05, 3.63) is 0 Å². The van der Waals surface area contributed by atoms with Crippen molar-refractivity contribution in [3.8, 4) is 0 Å². The van der Waals surface area contributed by atoms with E-state index >= 15 is 0 Å². The fourth-order valence-corrected chi connectivity index (χ4v) is 4.35. The number of fused-ring (bicyclic) bond motifs is 2. The quantitative estimate of drug-likeness (QED) is 0.799. The minimum absolute atomic E-state index is 0.137. The summed E-state index contributed by atoms with van der Waals surface area (Å²) in [5.41, 5.74) is 6.30. The minimum atomic E-state index is 0.137. The van der Waals surface area contributed by atoms with E-state index in [9.17, 15) is 4.79 Å². The number of morpholine rings is 1. The van der Waals surface area contributed by atoms with E-state index in [1.807, 2.05) is 0 Å². The molecule has 0 spiro atoms. The van der Waals surface area contributed by atoms with Crippen molar-refractivity contribution < 1.29 is 9.53 Å². The van der Waals surface area contributed by atoms with Gasteiger partial charge in [0.05, 0.1) is 12.7 Å². The Morgan fingerprint density at radius 2 is 2.05 bits per heavy atom. The van der Waals surface area contributed by atoms with Gasteiger partial charge < -0.3 is 20.7 Å². The molecule has 1 amide bonds. The molecule has 5 heteroatoms. The maximum Gasteiger partial charge on any atom is 0.223 e. The van der Waals surface area contributed by atoms with Gasteiger partial charge in [0.2, 0.25) is 5.91 Å². The monoisotopic (exact) mass is 295 g/mol. The van der Waals surface area contributed by atoms with Gasteiger partial charge >= 0.3 is 0 Å². The number of nitrogens with zero attached hydrogens (tertiary/aromatic N) is 1. The molecule has 0 aromatic rings. The van der Waals surface area contributed by atoms with Crippen LogP contribution >= 0.6 is 0 Å². The Bertz CT molecular complexity index is 363. The van der Waals surface area contributed by atoms with Gasteiger partial charge in [-0.3, -0.25) is 4.79 Å². The number of hydrogen-bond acceptors (Lipinski definition) is 4. The van der Waals surface area contributed by atoms with Gasteiger partial charge in [-0.25, -0.2) is 0 Å². The number of likely N-dealkylation sites (N-methyl/N-ethyl adjacent to an activating group) is 1. The van der Waals surface area contributed by atoms with Crippen LogP contribution in [0.4, 0.5) is 0 Å². The van der Waals surface area contributed by atoms with E-state index in [0.29, 0.717) is 24.4 Å². The van der Waals surface area contributed by atoms with Crippen LogP contribution in [0.1, 0.15) is 32.1 Å². The summed E-state index contributed by atoms with van der Waals surface area (Å²) in [6, 6.07) is 0.332. The van der Waals surface area contributed by atoms with Crippen LogP contribution in [0.5, 0.6) is 0 Å². The Morgan fingerprint density at radius 3 is 2.71 bits per heavy atom. The predicted octanol–water partition coefficient (Wildman–Crippen LogP) is 0.587. The molecule has 0 radical (unpaired) electrons. The molecule has 0 aromatic carbocycles. The third-order valence-corrected chi connectivity index (χ3v) is 5.63. The van der Waals surface area contributed by atoms with Gasteiger partial charge in [0.15, 0.2) is 0 Å². The summed E-state index contributed by atoms with van der Waals surface area (Å²) in [6.45, 7) is 3.29. The molecule has 5 nitrogen and oxygen atoms in total. The van der Waals surface area contributed by atoms with Crippen molar-refractivity contribution in [2.24, 2.45) is 23.5 Å². The summed E-state index contributed by atoms with van der Waals surface area (Å²) in [4.78, 5) is 14.7. The van der Waals surface area contributed by atoms with Gasteiger partial charge in [0.25, 0.3) is 0 Å². The van der Waals surface area contributed by atoms with E-state index < -0.39 is 0 Å². The lowest BCUT2D eigenvalue weighted by Gasteiger charge is -2.43. The standard InChI is InChI=1S/C16H29N3O2/c1-19-5-6-21-14(10-19)9-18-16(20)13-7-11-3-2-4-12(8-13)15(11)17/h11-15H,2-10,17H2,1H3,(H,18,20). The summed E-state index contributed by atoms with van der Waals surface area (Å²) in [5, 5.41) is 3.12. The average Bonchev–Trinajstić information content (AvgIpc) is 2.44. The van der Waals surface area contributed by atoms with E-state index in [0.717, 1.165) is 32.5 Å². The Hall–Kier alpha value is -0.650. The molecule has 2 bridgehead atoms. The lowest BCUT2D eigenvalue weighted by Crippen LogP contribution is -2.51. The molecule has 3 atom stereocenters. The third kappa shape index (κ3) is 3.58. The van der Waals surface area contributed by atoms with E-state index in [-0.39, 0.29) is 17.9 Å². The number of rotatable bonds is 3. The van der Waals surface area contributed by atoms with E-state index in [4.69, 9.17) is 10.5 Å². The summed E-state index contributed by atoms with van der Waals surface area (Å²) >= 11 is 0. The molecule has 120 valence electrons. The molecule has 2 saturated carbocycles. The predicted molar refractivity (Wildman–Crippen MR) is 81.8 cm³/mol. The Morgan fingerprint density at radius 1 is 1.33 bits per heavy atom. The summed E-state index contributed by atoms with van der Waals surface area (Å²) in [6.07, 6.45) is 5.80. The van der Waals surface area contributed by atoms with Crippen LogP contribution in [0, 0.1) is 17.8 Å². The highest BCUT2D eigenvalue weighted by molar-refractivity contribution is 5.78. The summed E-state index contributed by atoms with van der Waals surface area (Å²) in [5.74, 6) is 1.51. The molecule has 1 heterocycles. The zero-order valence-corrected chi connectivity index (χ0v) is 13.1. The summed E-state index contributed by atoms with van der Waals surface area (Å²) < 4.78 is 5.70. The van der Waals surface area contributed by atoms with Crippen molar-refractivity contribution in [2.75, 3.05) is 33.3 Å². The fourth-order valence-electron chi connectivity index (χ4n) is 4.35. The molecular weight excluding hydrogens is 266 g/mol. The van der Waals surface area contributed by atoms with Crippen LogP contribution in [0.3, 0.4) is 0 Å². The minimum Gasteiger partial charge on any atom is -0.374 e. The van der Waals surface area contributed by atoms with E-state index in [2.05, 4.69) is 17.3 Å². The van der Waals surface area contributed by atoms with Crippen LogP contribution in [0.15, 0.2) is 0 Å². The third-order valence-electron chi connectivity index (χ3n) is 5.63. The highest BCUT2D eigenvalue weighted by atomic mass is 16.5. The average molecular weight is 295 g/mol.